The molecule has 0 saturated carbocycles. The summed E-state index contributed by atoms with van der Waals surface area (Å²) in [6.45, 7) is 2.41. The average Bonchev–Trinajstić information content (AvgIpc) is 2.98. The van der Waals surface area contributed by atoms with Crippen molar-refractivity contribution in [3.05, 3.63) is 41.1 Å². The highest BCUT2D eigenvalue weighted by Crippen LogP contribution is 2.17. The van der Waals surface area contributed by atoms with Crippen LogP contribution in [0.3, 0.4) is 0 Å². The maximum absolute atomic E-state index is 9.84. The number of nitrogens with zero attached hydrogens (tertiary/aromatic N) is 3. The molecule has 1 unspecified atom stereocenters. The number of ether oxygens (including phenoxy) is 1. The molecule has 1 aromatic heterocycles. The van der Waals surface area contributed by atoms with Crippen LogP contribution in [0.2, 0.25) is 0 Å². The molecule has 7 heteroatoms. The summed E-state index contributed by atoms with van der Waals surface area (Å²) in [4.78, 5) is 0. The van der Waals surface area contributed by atoms with Gasteiger partial charge in [0.25, 0.3) is 0 Å². The molecule has 1 heterocycles. The predicted molar refractivity (Wildman–Crippen MR) is 83.2 cm³/mol. The largest absolute Gasteiger partial charge is 0.491 e. The fourth-order valence-corrected chi connectivity index (χ4v) is 2.17. The highest BCUT2D eigenvalue weighted by Gasteiger charge is 2.05. The van der Waals surface area contributed by atoms with E-state index in [1.807, 2.05) is 30.5 Å². The molecule has 0 amide bonds. The van der Waals surface area contributed by atoms with Gasteiger partial charge in [-0.25, -0.2) is 0 Å². The molecule has 2 N–H and O–H groups in total. The van der Waals surface area contributed by atoms with Crippen molar-refractivity contribution in [2.75, 3.05) is 19.7 Å². The SMILES string of the molecule is OC(CNCCCn1ccnn1)COc1cccc(Br)c1. The molecule has 1 atom stereocenters. The molecule has 1 aromatic carbocycles. The summed E-state index contributed by atoms with van der Waals surface area (Å²) >= 11 is 3.38. The van der Waals surface area contributed by atoms with E-state index < -0.39 is 6.10 Å². The van der Waals surface area contributed by atoms with Gasteiger partial charge in [0.2, 0.25) is 0 Å². The maximum Gasteiger partial charge on any atom is 0.120 e. The number of hydrogen-bond acceptors (Lipinski definition) is 5. The van der Waals surface area contributed by atoms with Gasteiger partial charge in [-0.05, 0) is 31.2 Å². The normalized spacial score (nSPS) is 12.3. The first kappa shape index (κ1) is 15.9. The first-order valence-electron chi connectivity index (χ1n) is 6.85. The third kappa shape index (κ3) is 6.24. The lowest BCUT2D eigenvalue weighted by atomic mass is 10.3. The van der Waals surface area contributed by atoms with Gasteiger partial charge in [-0.2, -0.15) is 0 Å². The Bertz CT molecular complexity index is 521. The van der Waals surface area contributed by atoms with Crippen molar-refractivity contribution in [1.82, 2.24) is 20.3 Å². The van der Waals surface area contributed by atoms with Crippen molar-refractivity contribution < 1.29 is 9.84 Å². The van der Waals surface area contributed by atoms with Crippen molar-refractivity contribution >= 4 is 15.9 Å². The molecule has 0 aliphatic rings. The van der Waals surface area contributed by atoms with E-state index >= 15 is 0 Å². The Morgan fingerprint density at radius 2 is 2.33 bits per heavy atom. The molecular weight excluding hydrogens is 336 g/mol. The Balaban J connectivity index is 1.54. The van der Waals surface area contributed by atoms with Crippen LogP contribution in [0.25, 0.3) is 0 Å². The monoisotopic (exact) mass is 354 g/mol. The predicted octanol–water partition coefficient (Wildman–Crippen LogP) is 1.46. The number of nitrogens with one attached hydrogen (secondary N) is 1. The quantitative estimate of drug-likeness (QED) is 0.667. The lowest BCUT2D eigenvalue weighted by Gasteiger charge is -2.13. The van der Waals surface area contributed by atoms with Crippen LogP contribution in [-0.2, 0) is 6.54 Å². The lowest BCUT2D eigenvalue weighted by molar-refractivity contribution is 0.106. The molecule has 0 radical (unpaired) electrons. The van der Waals surface area contributed by atoms with Gasteiger partial charge in [0, 0.05) is 23.8 Å². The van der Waals surface area contributed by atoms with E-state index in [9.17, 15) is 5.11 Å². The number of aromatic nitrogens is 3. The van der Waals surface area contributed by atoms with Gasteiger partial charge in [0.15, 0.2) is 0 Å². The van der Waals surface area contributed by atoms with E-state index in [0.717, 1.165) is 29.7 Å². The Morgan fingerprint density at radius 3 is 3.10 bits per heavy atom. The van der Waals surface area contributed by atoms with Crippen molar-refractivity contribution in [3.8, 4) is 5.75 Å². The summed E-state index contributed by atoms with van der Waals surface area (Å²) < 4.78 is 8.27. The molecule has 2 rings (SSSR count). The van der Waals surface area contributed by atoms with Gasteiger partial charge in [0.05, 0.1) is 6.20 Å². The van der Waals surface area contributed by atoms with E-state index in [-0.39, 0.29) is 6.61 Å². The molecular formula is C14H19BrN4O2. The van der Waals surface area contributed by atoms with Gasteiger partial charge in [-0.1, -0.05) is 27.2 Å². The van der Waals surface area contributed by atoms with Crippen LogP contribution in [0.15, 0.2) is 41.1 Å². The summed E-state index contributed by atoms with van der Waals surface area (Å²) in [6.07, 6.45) is 3.90. The number of aliphatic hydroxyl groups excluding tert-OH is 1. The van der Waals surface area contributed by atoms with Crippen LogP contribution in [0.4, 0.5) is 0 Å². The minimum Gasteiger partial charge on any atom is -0.491 e. The zero-order valence-electron chi connectivity index (χ0n) is 11.7. The summed E-state index contributed by atoms with van der Waals surface area (Å²) in [5.41, 5.74) is 0. The molecule has 0 aliphatic carbocycles. The van der Waals surface area contributed by atoms with Gasteiger partial charge in [0.1, 0.15) is 18.5 Å². The Kier molecular flexibility index (Phi) is 6.65. The van der Waals surface area contributed by atoms with Crippen molar-refractivity contribution in [2.45, 2.75) is 19.1 Å². The molecule has 0 spiro atoms. The number of rotatable bonds is 9. The number of halogens is 1. The molecule has 0 saturated heterocycles. The van der Waals surface area contributed by atoms with Gasteiger partial charge < -0.3 is 15.2 Å². The van der Waals surface area contributed by atoms with Gasteiger partial charge in [-0.15, -0.1) is 5.10 Å². The summed E-state index contributed by atoms with van der Waals surface area (Å²) in [6, 6.07) is 7.56. The van der Waals surface area contributed by atoms with Crippen molar-refractivity contribution in [1.29, 1.82) is 0 Å². The summed E-state index contributed by atoms with van der Waals surface area (Å²) in [5.74, 6) is 0.745. The van der Waals surface area contributed by atoms with E-state index in [0.29, 0.717) is 6.54 Å². The minimum atomic E-state index is -0.532. The fourth-order valence-electron chi connectivity index (χ4n) is 1.79. The van der Waals surface area contributed by atoms with Crippen LogP contribution in [0, 0.1) is 0 Å². The maximum atomic E-state index is 9.84. The van der Waals surface area contributed by atoms with Gasteiger partial charge in [-0.3, -0.25) is 4.68 Å². The molecule has 6 nitrogen and oxygen atoms in total. The van der Waals surface area contributed by atoms with Crippen LogP contribution >= 0.6 is 15.9 Å². The minimum absolute atomic E-state index is 0.270. The molecule has 21 heavy (non-hydrogen) atoms. The number of benzene rings is 1. The van der Waals surface area contributed by atoms with Crippen LogP contribution in [0.1, 0.15) is 6.42 Å². The van der Waals surface area contributed by atoms with E-state index in [1.165, 1.54) is 0 Å². The standard InChI is InChI=1S/C14H19BrN4O2/c15-12-3-1-4-14(9-12)21-11-13(20)10-16-5-2-7-19-8-6-17-18-19/h1,3-4,6,8-9,13,16,20H,2,5,7,10-11H2. The van der Waals surface area contributed by atoms with Gasteiger partial charge >= 0.3 is 0 Å². The second-order valence-electron chi connectivity index (χ2n) is 4.65. The van der Waals surface area contributed by atoms with E-state index in [1.54, 1.807) is 10.9 Å². The first-order chi connectivity index (χ1) is 10.2. The summed E-state index contributed by atoms with van der Waals surface area (Å²) in [7, 11) is 0. The zero-order valence-corrected chi connectivity index (χ0v) is 13.2. The van der Waals surface area contributed by atoms with Crippen LogP contribution in [-0.4, -0.2) is 45.9 Å². The highest BCUT2D eigenvalue weighted by molar-refractivity contribution is 9.10. The molecule has 0 bridgehead atoms. The number of aliphatic hydroxyl groups is 1. The molecule has 0 aliphatic heterocycles. The Morgan fingerprint density at radius 1 is 1.43 bits per heavy atom. The third-order valence-electron chi connectivity index (χ3n) is 2.83. The Hall–Kier alpha value is -1.44. The van der Waals surface area contributed by atoms with Crippen LogP contribution < -0.4 is 10.1 Å². The lowest BCUT2D eigenvalue weighted by Crippen LogP contribution is -2.32. The topological polar surface area (TPSA) is 72.2 Å². The second-order valence-corrected chi connectivity index (χ2v) is 5.56. The Labute approximate surface area is 132 Å². The van der Waals surface area contributed by atoms with E-state index in [4.69, 9.17) is 4.74 Å². The summed E-state index contributed by atoms with van der Waals surface area (Å²) in [5, 5.41) is 20.7. The van der Waals surface area contributed by atoms with Crippen molar-refractivity contribution in [3.63, 3.8) is 0 Å². The molecule has 0 fully saturated rings. The molecule has 114 valence electrons. The average molecular weight is 355 g/mol. The zero-order chi connectivity index (χ0) is 14.9. The fraction of sp³-hybridized carbons (Fsp3) is 0.429. The smallest absolute Gasteiger partial charge is 0.120 e. The third-order valence-corrected chi connectivity index (χ3v) is 3.32. The van der Waals surface area contributed by atoms with Crippen LogP contribution in [0.5, 0.6) is 5.75 Å². The molecule has 2 aromatic rings. The first-order valence-corrected chi connectivity index (χ1v) is 7.64. The van der Waals surface area contributed by atoms with E-state index in [2.05, 4.69) is 31.6 Å². The van der Waals surface area contributed by atoms with Crippen molar-refractivity contribution in [2.24, 2.45) is 0 Å². The number of hydrogen-bond donors (Lipinski definition) is 2. The highest BCUT2D eigenvalue weighted by atomic mass is 79.9. The second kappa shape index (κ2) is 8.76. The number of aryl methyl sites for hydroxylation is 1.